The fraction of sp³-hybridized carbons (Fsp3) is 0.625. The SMILES string of the molecule is O=C(NC1CCCCC1)N1CCCC1c1ccncc1. The molecule has 20 heavy (non-hydrogen) atoms. The Labute approximate surface area is 120 Å². The van der Waals surface area contributed by atoms with Crippen molar-refractivity contribution in [1.82, 2.24) is 15.2 Å². The number of likely N-dealkylation sites (tertiary alicyclic amines) is 1. The van der Waals surface area contributed by atoms with Crippen molar-refractivity contribution < 1.29 is 4.79 Å². The Morgan fingerprint density at radius 3 is 2.60 bits per heavy atom. The molecule has 2 aliphatic rings. The lowest BCUT2D eigenvalue weighted by Crippen LogP contribution is -2.45. The molecule has 1 aliphatic carbocycles. The van der Waals surface area contributed by atoms with Gasteiger partial charge in [0.1, 0.15) is 0 Å². The van der Waals surface area contributed by atoms with Crippen LogP contribution in [0.5, 0.6) is 0 Å². The molecule has 4 nitrogen and oxygen atoms in total. The van der Waals surface area contributed by atoms with Gasteiger partial charge in [-0.3, -0.25) is 4.98 Å². The quantitative estimate of drug-likeness (QED) is 0.899. The standard InChI is InChI=1S/C16H23N3O/c20-16(18-14-5-2-1-3-6-14)19-12-4-7-15(19)13-8-10-17-11-9-13/h8-11,14-15H,1-7,12H2,(H,18,20). The van der Waals surface area contributed by atoms with Gasteiger partial charge in [-0.05, 0) is 43.4 Å². The summed E-state index contributed by atoms with van der Waals surface area (Å²) in [6.07, 6.45) is 11.9. The van der Waals surface area contributed by atoms with Gasteiger partial charge in [0.15, 0.2) is 0 Å². The Hall–Kier alpha value is -1.58. The van der Waals surface area contributed by atoms with Crippen molar-refractivity contribution in [2.45, 2.75) is 57.0 Å². The normalized spacial score (nSPS) is 23.8. The Morgan fingerprint density at radius 1 is 1.10 bits per heavy atom. The van der Waals surface area contributed by atoms with E-state index in [-0.39, 0.29) is 12.1 Å². The summed E-state index contributed by atoms with van der Waals surface area (Å²) < 4.78 is 0. The van der Waals surface area contributed by atoms with Gasteiger partial charge in [0.05, 0.1) is 6.04 Å². The first-order chi connectivity index (χ1) is 9.84. The smallest absolute Gasteiger partial charge is 0.318 e. The lowest BCUT2D eigenvalue weighted by Gasteiger charge is -2.29. The van der Waals surface area contributed by atoms with E-state index in [0.29, 0.717) is 6.04 Å². The molecule has 0 spiro atoms. The van der Waals surface area contributed by atoms with Gasteiger partial charge in [0.2, 0.25) is 0 Å². The molecule has 3 rings (SSSR count). The molecule has 108 valence electrons. The lowest BCUT2D eigenvalue weighted by atomic mass is 9.96. The van der Waals surface area contributed by atoms with Gasteiger partial charge >= 0.3 is 6.03 Å². The van der Waals surface area contributed by atoms with Crippen LogP contribution in [-0.4, -0.2) is 28.5 Å². The highest BCUT2D eigenvalue weighted by Gasteiger charge is 2.31. The van der Waals surface area contributed by atoms with Gasteiger partial charge in [0.25, 0.3) is 0 Å². The molecular weight excluding hydrogens is 250 g/mol. The molecule has 0 radical (unpaired) electrons. The maximum Gasteiger partial charge on any atom is 0.318 e. The maximum absolute atomic E-state index is 12.5. The van der Waals surface area contributed by atoms with Crippen molar-refractivity contribution in [3.63, 3.8) is 0 Å². The molecule has 1 aromatic heterocycles. The van der Waals surface area contributed by atoms with Gasteiger partial charge in [-0.1, -0.05) is 19.3 Å². The minimum Gasteiger partial charge on any atom is -0.335 e. The molecule has 4 heteroatoms. The highest BCUT2D eigenvalue weighted by atomic mass is 16.2. The van der Waals surface area contributed by atoms with Crippen molar-refractivity contribution in [2.75, 3.05) is 6.54 Å². The van der Waals surface area contributed by atoms with Crippen molar-refractivity contribution in [2.24, 2.45) is 0 Å². The van der Waals surface area contributed by atoms with E-state index in [1.54, 1.807) is 0 Å². The number of aromatic nitrogens is 1. The molecule has 2 amide bonds. The van der Waals surface area contributed by atoms with Crippen LogP contribution in [0.15, 0.2) is 24.5 Å². The number of hydrogen-bond donors (Lipinski definition) is 1. The first-order valence-electron chi connectivity index (χ1n) is 7.81. The highest BCUT2D eigenvalue weighted by molar-refractivity contribution is 5.75. The third-order valence-electron chi connectivity index (χ3n) is 4.54. The molecule has 1 aromatic rings. The van der Waals surface area contributed by atoms with Crippen molar-refractivity contribution in [1.29, 1.82) is 0 Å². The zero-order valence-electron chi connectivity index (χ0n) is 11.9. The van der Waals surface area contributed by atoms with Crippen molar-refractivity contribution in [3.05, 3.63) is 30.1 Å². The highest BCUT2D eigenvalue weighted by Crippen LogP contribution is 2.31. The second-order valence-corrected chi connectivity index (χ2v) is 5.92. The van der Waals surface area contributed by atoms with E-state index in [2.05, 4.69) is 10.3 Å². The molecular formula is C16H23N3O. The average molecular weight is 273 g/mol. The Morgan fingerprint density at radius 2 is 1.85 bits per heavy atom. The summed E-state index contributed by atoms with van der Waals surface area (Å²) in [5.74, 6) is 0. The zero-order chi connectivity index (χ0) is 13.8. The van der Waals surface area contributed by atoms with Crippen LogP contribution >= 0.6 is 0 Å². The Balaban J connectivity index is 1.64. The van der Waals surface area contributed by atoms with Crippen LogP contribution in [0.4, 0.5) is 4.79 Å². The number of pyridine rings is 1. The number of nitrogens with zero attached hydrogens (tertiary/aromatic N) is 2. The molecule has 1 saturated carbocycles. The molecule has 0 bridgehead atoms. The second-order valence-electron chi connectivity index (χ2n) is 5.92. The van der Waals surface area contributed by atoms with Crippen molar-refractivity contribution in [3.8, 4) is 0 Å². The largest absolute Gasteiger partial charge is 0.335 e. The van der Waals surface area contributed by atoms with Crippen LogP contribution in [0, 0.1) is 0 Å². The van der Waals surface area contributed by atoms with Gasteiger partial charge in [-0.25, -0.2) is 4.79 Å². The van der Waals surface area contributed by atoms with E-state index < -0.39 is 0 Å². The van der Waals surface area contributed by atoms with Crippen LogP contribution < -0.4 is 5.32 Å². The van der Waals surface area contributed by atoms with E-state index in [1.807, 2.05) is 29.4 Å². The number of carbonyl (C=O) groups excluding carboxylic acids is 1. The molecule has 0 aromatic carbocycles. The van der Waals surface area contributed by atoms with Crippen LogP contribution in [0.1, 0.15) is 56.6 Å². The van der Waals surface area contributed by atoms with Gasteiger partial charge in [-0.2, -0.15) is 0 Å². The van der Waals surface area contributed by atoms with E-state index in [1.165, 1.54) is 24.8 Å². The second kappa shape index (κ2) is 6.25. The maximum atomic E-state index is 12.5. The number of amides is 2. The summed E-state index contributed by atoms with van der Waals surface area (Å²) in [6, 6.07) is 4.78. The minimum absolute atomic E-state index is 0.121. The number of carbonyl (C=O) groups is 1. The number of nitrogens with one attached hydrogen (secondary N) is 1. The molecule has 2 fully saturated rings. The van der Waals surface area contributed by atoms with E-state index in [4.69, 9.17) is 0 Å². The summed E-state index contributed by atoms with van der Waals surface area (Å²) in [4.78, 5) is 18.6. The van der Waals surface area contributed by atoms with Gasteiger partial charge in [0, 0.05) is 25.0 Å². The number of urea groups is 1. The van der Waals surface area contributed by atoms with Gasteiger partial charge < -0.3 is 10.2 Å². The minimum atomic E-state index is 0.121. The molecule has 1 unspecified atom stereocenters. The summed E-state index contributed by atoms with van der Waals surface area (Å²) in [6.45, 7) is 0.867. The average Bonchev–Trinajstić information content (AvgIpc) is 2.99. The van der Waals surface area contributed by atoms with Crippen LogP contribution in [0.3, 0.4) is 0 Å². The van der Waals surface area contributed by atoms with E-state index in [0.717, 1.165) is 32.2 Å². The van der Waals surface area contributed by atoms with Crippen LogP contribution in [-0.2, 0) is 0 Å². The fourth-order valence-electron chi connectivity index (χ4n) is 3.45. The summed E-state index contributed by atoms with van der Waals surface area (Å²) in [5.41, 5.74) is 1.20. The zero-order valence-corrected chi connectivity index (χ0v) is 11.9. The molecule has 1 atom stereocenters. The van der Waals surface area contributed by atoms with E-state index >= 15 is 0 Å². The Kier molecular flexibility index (Phi) is 4.19. The van der Waals surface area contributed by atoms with Crippen LogP contribution in [0.2, 0.25) is 0 Å². The number of rotatable bonds is 2. The molecule has 1 aliphatic heterocycles. The third kappa shape index (κ3) is 2.94. The van der Waals surface area contributed by atoms with Crippen LogP contribution in [0.25, 0.3) is 0 Å². The first-order valence-corrected chi connectivity index (χ1v) is 7.81. The lowest BCUT2D eigenvalue weighted by molar-refractivity contribution is 0.185. The summed E-state index contributed by atoms with van der Waals surface area (Å²) >= 11 is 0. The topological polar surface area (TPSA) is 45.2 Å². The first kappa shape index (κ1) is 13.4. The monoisotopic (exact) mass is 273 g/mol. The predicted octanol–water partition coefficient (Wildman–Crippen LogP) is 3.26. The molecule has 2 heterocycles. The van der Waals surface area contributed by atoms with E-state index in [9.17, 15) is 4.79 Å². The predicted molar refractivity (Wildman–Crippen MR) is 78.3 cm³/mol. The molecule has 1 saturated heterocycles. The fourth-order valence-corrected chi connectivity index (χ4v) is 3.45. The molecule has 1 N–H and O–H groups in total. The van der Waals surface area contributed by atoms with Gasteiger partial charge in [-0.15, -0.1) is 0 Å². The summed E-state index contributed by atoms with van der Waals surface area (Å²) in [7, 11) is 0. The van der Waals surface area contributed by atoms with Crippen molar-refractivity contribution >= 4 is 6.03 Å². The number of hydrogen-bond acceptors (Lipinski definition) is 2. The Bertz CT molecular complexity index is 442. The summed E-state index contributed by atoms with van der Waals surface area (Å²) in [5, 5.41) is 3.23. The third-order valence-corrected chi connectivity index (χ3v) is 4.54.